The topological polar surface area (TPSA) is 56.7 Å². The average Bonchev–Trinajstić information content (AvgIpc) is 2.62. The minimum Gasteiger partial charge on any atom is -0.355 e. The van der Waals surface area contributed by atoms with Crippen LogP contribution in [-0.2, 0) is 16.6 Å². The molecule has 0 radical (unpaired) electrons. The first kappa shape index (κ1) is 24.1. The SMILES string of the molecule is C=C(C)CN1CCC(NC(=NC)NCCS(=O)Cc2ccccc2)CC1.I. The van der Waals surface area contributed by atoms with Gasteiger partial charge in [0, 0.05) is 61.6 Å². The molecule has 1 heterocycles. The van der Waals surface area contributed by atoms with E-state index in [-0.39, 0.29) is 24.0 Å². The van der Waals surface area contributed by atoms with Crippen molar-refractivity contribution in [2.24, 2.45) is 4.99 Å². The summed E-state index contributed by atoms with van der Waals surface area (Å²) in [5.41, 5.74) is 2.34. The Morgan fingerprint density at radius 1 is 1.30 bits per heavy atom. The second kappa shape index (κ2) is 13.3. The lowest BCUT2D eigenvalue weighted by atomic mass is 10.0. The highest BCUT2D eigenvalue weighted by molar-refractivity contribution is 14.0. The lowest BCUT2D eigenvalue weighted by molar-refractivity contribution is 0.221. The molecule has 0 amide bonds. The van der Waals surface area contributed by atoms with E-state index in [0.29, 0.717) is 24.1 Å². The third kappa shape index (κ3) is 9.71. The van der Waals surface area contributed by atoms with Gasteiger partial charge < -0.3 is 10.6 Å². The van der Waals surface area contributed by atoms with Gasteiger partial charge >= 0.3 is 0 Å². The fourth-order valence-electron chi connectivity index (χ4n) is 3.12. The molecule has 0 aliphatic carbocycles. The van der Waals surface area contributed by atoms with Gasteiger partial charge in [-0.3, -0.25) is 14.1 Å². The van der Waals surface area contributed by atoms with Crippen molar-refractivity contribution in [1.82, 2.24) is 15.5 Å². The van der Waals surface area contributed by atoms with Crippen molar-refractivity contribution in [2.75, 3.05) is 39.0 Å². The van der Waals surface area contributed by atoms with E-state index in [1.165, 1.54) is 5.57 Å². The van der Waals surface area contributed by atoms with Crippen LogP contribution in [0.5, 0.6) is 0 Å². The first-order chi connectivity index (χ1) is 12.6. The monoisotopic (exact) mass is 504 g/mol. The van der Waals surface area contributed by atoms with Crippen LogP contribution < -0.4 is 10.6 Å². The van der Waals surface area contributed by atoms with Crippen LogP contribution in [0.15, 0.2) is 47.5 Å². The van der Waals surface area contributed by atoms with E-state index in [0.717, 1.165) is 44.0 Å². The zero-order valence-electron chi connectivity index (χ0n) is 16.4. The summed E-state index contributed by atoms with van der Waals surface area (Å²) in [6.45, 7) is 9.90. The molecule has 7 heteroatoms. The highest BCUT2D eigenvalue weighted by Gasteiger charge is 2.19. The Bertz CT molecular complexity index is 616. The molecular formula is C20H33IN4OS. The summed E-state index contributed by atoms with van der Waals surface area (Å²) < 4.78 is 12.2. The van der Waals surface area contributed by atoms with E-state index in [9.17, 15) is 4.21 Å². The molecule has 1 fully saturated rings. The van der Waals surface area contributed by atoms with Gasteiger partial charge in [-0.2, -0.15) is 0 Å². The zero-order valence-corrected chi connectivity index (χ0v) is 19.6. The number of likely N-dealkylation sites (tertiary alicyclic amines) is 1. The molecule has 1 atom stereocenters. The molecule has 1 aliphatic heterocycles. The Balaban J connectivity index is 0.00000364. The third-order valence-corrected chi connectivity index (χ3v) is 5.75. The summed E-state index contributed by atoms with van der Waals surface area (Å²) in [6, 6.07) is 10.4. The molecule has 0 bridgehead atoms. The molecule has 1 unspecified atom stereocenters. The largest absolute Gasteiger partial charge is 0.355 e. The predicted molar refractivity (Wildman–Crippen MR) is 127 cm³/mol. The summed E-state index contributed by atoms with van der Waals surface area (Å²) in [7, 11) is 0.917. The fraction of sp³-hybridized carbons (Fsp3) is 0.550. The van der Waals surface area contributed by atoms with Crippen LogP contribution in [-0.4, -0.2) is 60.1 Å². The second-order valence-corrected chi connectivity index (χ2v) is 8.50. The van der Waals surface area contributed by atoms with Gasteiger partial charge in [-0.15, -0.1) is 24.0 Å². The standard InChI is InChI=1S/C20H32N4OS.HI/c1-17(2)15-24-12-9-19(10-13-24)23-20(21-3)22-11-14-26(25)16-18-7-5-4-6-8-18;/h4-8,19H,1,9-16H2,2-3H3,(H2,21,22,23);1H. The molecule has 27 heavy (non-hydrogen) atoms. The molecule has 0 spiro atoms. The molecule has 152 valence electrons. The van der Waals surface area contributed by atoms with Gasteiger partial charge in [0.25, 0.3) is 0 Å². The summed E-state index contributed by atoms with van der Waals surface area (Å²) in [4.78, 5) is 6.75. The van der Waals surface area contributed by atoms with Crippen molar-refractivity contribution in [3.05, 3.63) is 48.0 Å². The molecule has 2 N–H and O–H groups in total. The Kier molecular flexibility index (Phi) is 11.9. The van der Waals surface area contributed by atoms with Crippen LogP contribution in [0.25, 0.3) is 0 Å². The summed E-state index contributed by atoms with van der Waals surface area (Å²) >= 11 is 0. The van der Waals surface area contributed by atoms with Crippen molar-refractivity contribution in [3.63, 3.8) is 0 Å². The highest BCUT2D eigenvalue weighted by Crippen LogP contribution is 2.11. The number of rotatable bonds is 8. The Hall–Kier alpha value is -0.930. The number of piperidine rings is 1. The minimum atomic E-state index is -0.867. The lowest BCUT2D eigenvalue weighted by Gasteiger charge is -2.33. The van der Waals surface area contributed by atoms with Crippen molar-refractivity contribution in [1.29, 1.82) is 0 Å². The van der Waals surface area contributed by atoms with Crippen molar-refractivity contribution in [3.8, 4) is 0 Å². The number of hydrogen-bond donors (Lipinski definition) is 2. The van der Waals surface area contributed by atoms with Crippen LogP contribution in [0.1, 0.15) is 25.3 Å². The van der Waals surface area contributed by atoms with Crippen LogP contribution >= 0.6 is 24.0 Å². The van der Waals surface area contributed by atoms with Crippen LogP contribution in [0, 0.1) is 0 Å². The molecular weight excluding hydrogens is 471 g/mol. The van der Waals surface area contributed by atoms with Crippen molar-refractivity contribution >= 4 is 40.7 Å². The smallest absolute Gasteiger partial charge is 0.191 e. The highest BCUT2D eigenvalue weighted by atomic mass is 127. The molecule has 0 saturated carbocycles. The maximum absolute atomic E-state index is 12.2. The van der Waals surface area contributed by atoms with E-state index in [1.54, 1.807) is 7.05 Å². The summed E-state index contributed by atoms with van der Waals surface area (Å²) in [6.07, 6.45) is 2.21. The van der Waals surface area contributed by atoms with Crippen molar-refractivity contribution in [2.45, 2.75) is 31.6 Å². The molecule has 0 aromatic heterocycles. The number of nitrogens with zero attached hydrogens (tertiary/aromatic N) is 2. The molecule has 1 aromatic rings. The van der Waals surface area contributed by atoms with Gasteiger partial charge in [-0.25, -0.2) is 0 Å². The van der Waals surface area contributed by atoms with E-state index in [1.807, 2.05) is 30.3 Å². The van der Waals surface area contributed by atoms with E-state index >= 15 is 0 Å². The maximum Gasteiger partial charge on any atom is 0.191 e. The van der Waals surface area contributed by atoms with Gasteiger partial charge in [-0.05, 0) is 25.3 Å². The van der Waals surface area contributed by atoms with Gasteiger partial charge in [0.15, 0.2) is 5.96 Å². The molecule has 1 aliphatic rings. The maximum atomic E-state index is 12.2. The minimum absolute atomic E-state index is 0. The average molecular weight is 504 g/mol. The first-order valence-corrected chi connectivity index (χ1v) is 10.8. The Labute approximate surface area is 183 Å². The third-order valence-electron chi connectivity index (χ3n) is 4.44. The van der Waals surface area contributed by atoms with Gasteiger partial charge in [-0.1, -0.05) is 42.5 Å². The Morgan fingerprint density at radius 2 is 1.96 bits per heavy atom. The molecule has 2 rings (SSSR count). The van der Waals surface area contributed by atoms with E-state index in [2.05, 4.69) is 34.0 Å². The van der Waals surface area contributed by atoms with Gasteiger partial charge in [0.05, 0.1) is 0 Å². The number of guanidine groups is 1. The molecule has 1 aromatic carbocycles. The van der Waals surface area contributed by atoms with Gasteiger partial charge in [0.2, 0.25) is 0 Å². The second-order valence-electron chi connectivity index (χ2n) is 6.92. The number of halogens is 1. The number of nitrogens with one attached hydrogen (secondary N) is 2. The van der Waals surface area contributed by atoms with Gasteiger partial charge in [0.1, 0.15) is 0 Å². The van der Waals surface area contributed by atoms with Crippen LogP contribution in [0.4, 0.5) is 0 Å². The Morgan fingerprint density at radius 3 is 2.56 bits per heavy atom. The fourth-order valence-corrected chi connectivity index (χ4v) is 4.16. The summed E-state index contributed by atoms with van der Waals surface area (Å²) in [5, 5.41) is 6.79. The van der Waals surface area contributed by atoms with E-state index < -0.39 is 10.8 Å². The van der Waals surface area contributed by atoms with E-state index in [4.69, 9.17) is 0 Å². The molecule has 1 saturated heterocycles. The van der Waals surface area contributed by atoms with Crippen LogP contribution in [0.3, 0.4) is 0 Å². The predicted octanol–water partition coefficient (Wildman–Crippen LogP) is 2.76. The quantitative estimate of drug-likeness (QED) is 0.248. The number of aliphatic imine (C=N–C) groups is 1. The molecule has 5 nitrogen and oxygen atoms in total. The van der Waals surface area contributed by atoms with Crippen molar-refractivity contribution < 1.29 is 4.21 Å². The lowest BCUT2D eigenvalue weighted by Crippen LogP contribution is -2.49. The van der Waals surface area contributed by atoms with Crippen LogP contribution in [0.2, 0.25) is 0 Å². The normalized spacial score (nSPS) is 17.0. The number of hydrogen-bond acceptors (Lipinski definition) is 3. The zero-order chi connectivity index (χ0) is 18.8. The summed E-state index contributed by atoms with van der Waals surface area (Å²) in [5.74, 6) is 2.03. The first-order valence-electron chi connectivity index (χ1n) is 9.29. The number of benzene rings is 1.